The van der Waals surface area contributed by atoms with Crippen molar-refractivity contribution in [2.24, 2.45) is 0 Å². The van der Waals surface area contributed by atoms with Crippen LogP contribution in [0, 0.1) is 5.82 Å². The number of nitrogens with one attached hydrogen (secondary N) is 1. The molecule has 1 heterocycles. The highest BCUT2D eigenvalue weighted by Gasteiger charge is 2.19. The summed E-state index contributed by atoms with van der Waals surface area (Å²) in [6.07, 6.45) is 0. The second kappa shape index (κ2) is 9.61. The molecule has 1 aromatic heterocycles. The SMILES string of the molecule is C[C@H](Sc1nnc(SCc2ccccc2)n1N)C(=O)NCc1ccc(F)cc1. The lowest BCUT2D eigenvalue weighted by atomic mass is 10.2. The molecule has 9 heteroatoms. The topological polar surface area (TPSA) is 85.8 Å². The Balaban J connectivity index is 1.52. The molecular weight excluding hydrogens is 397 g/mol. The van der Waals surface area contributed by atoms with Crippen LogP contribution in [0.25, 0.3) is 0 Å². The number of rotatable bonds is 8. The van der Waals surface area contributed by atoms with Crippen LogP contribution in [0.15, 0.2) is 64.9 Å². The largest absolute Gasteiger partial charge is 0.351 e. The van der Waals surface area contributed by atoms with E-state index >= 15 is 0 Å². The van der Waals surface area contributed by atoms with Gasteiger partial charge in [0, 0.05) is 12.3 Å². The Morgan fingerprint density at radius 3 is 2.50 bits per heavy atom. The number of amides is 1. The van der Waals surface area contributed by atoms with E-state index in [1.165, 1.54) is 45.9 Å². The molecule has 28 heavy (non-hydrogen) atoms. The van der Waals surface area contributed by atoms with Crippen LogP contribution in [0.1, 0.15) is 18.1 Å². The van der Waals surface area contributed by atoms with Gasteiger partial charge in [0.05, 0.1) is 5.25 Å². The quantitative estimate of drug-likeness (QED) is 0.432. The van der Waals surface area contributed by atoms with E-state index in [1.54, 1.807) is 19.1 Å². The molecule has 3 N–H and O–H groups in total. The Kier molecular flexibility index (Phi) is 6.94. The minimum atomic E-state index is -0.404. The average molecular weight is 418 g/mol. The van der Waals surface area contributed by atoms with Gasteiger partial charge in [-0.1, -0.05) is 66.0 Å². The predicted molar refractivity (Wildman–Crippen MR) is 110 cm³/mol. The molecule has 6 nitrogen and oxygen atoms in total. The van der Waals surface area contributed by atoms with E-state index in [9.17, 15) is 9.18 Å². The molecule has 1 amide bonds. The van der Waals surface area contributed by atoms with Crippen molar-refractivity contribution in [1.82, 2.24) is 20.2 Å². The second-order valence-corrected chi connectivity index (χ2v) is 8.26. The van der Waals surface area contributed by atoms with Crippen LogP contribution in [-0.2, 0) is 17.1 Å². The number of thioether (sulfide) groups is 2. The Morgan fingerprint density at radius 1 is 1.11 bits per heavy atom. The van der Waals surface area contributed by atoms with E-state index in [0.717, 1.165) is 11.3 Å². The normalized spacial score (nSPS) is 11.9. The fraction of sp³-hybridized carbons (Fsp3) is 0.211. The number of halogens is 1. The summed E-state index contributed by atoms with van der Waals surface area (Å²) in [6, 6.07) is 16.0. The van der Waals surface area contributed by atoms with E-state index in [2.05, 4.69) is 15.5 Å². The van der Waals surface area contributed by atoms with E-state index in [0.29, 0.717) is 16.9 Å². The smallest absolute Gasteiger partial charge is 0.233 e. The van der Waals surface area contributed by atoms with Gasteiger partial charge in [-0.15, -0.1) is 10.2 Å². The van der Waals surface area contributed by atoms with Crippen molar-refractivity contribution in [1.29, 1.82) is 0 Å². The van der Waals surface area contributed by atoms with Gasteiger partial charge in [-0.05, 0) is 30.2 Å². The molecule has 3 rings (SSSR count). The maximum Gasteiger partial charge on any atom is 0.233 e. The lowest BCUT2D eigenvalue weighted by Crippen LogP contribution is -2.30. The first-order chi connectivity index (χ1) is 13.5. The summed E-state index contributed by atoms with van der Waals surface area (Å²) in [5.41, 5.74) is 1.99. The van der Waals surface area contributed by atoms with Gasteiger partial charge in [0.25, 0.3) is 0 Å². The lowest BCUT2D eigenvalue weighted by Gasteiger charge is -2.11. The third-order valence-electron chi connectivity index (χ3n) is 3.88. The molecule has 1 atom stereocenters. The number of carbonyl (C=O) groups is 1. The van der Waals surface area contributed by atoms with Gasteiger partial charge in [0.15, 0.2) is 0 Å². The van der Waals surface area contributed by atoms with Crippen molar-refractivity contribution in [3.05, 3.63) is 71.5 Å². The van der Waals surface area contributed by atoms with Crippen LogP contribution in [0.5, 0.6) is 0 Å². The highest BCUT2D eigenvalue weighted by Crippen LogP contribution is 2.26. The predicted octanol–water partition coefficient (Wildman–Crippen LogP) is 3.22. The van der Waals surface area contributed by atoms with Crippen molar-refractivity contribution in [3.8, 4) is 0 Å². The van der Waals surface area contributed by atoms with Crippen LogP contribution in [0.4, 0.5) is 4.39 Å². The summed E-state index contributed by atoms with van der Waals surface area (Å²) in [5, 5.41) is 11.7. The zero-order valence-corrected chi connectivity index (χ0v) is 16.8. The Bertz CT molecular complexity index is 918. The van der Waals surface area contributed by atoms with Crippen LogP contribution in [0.2, 0.25) is 0 Å². The summed E-state index contributed by atoms with van der Waals surface area (Å²) in [5.74, 6) is 6.35. The maximum atomic E-state index is 12.9. The molecule has 0 unspecified atom stereocenters. The molecule has 0 bridgehead atoms. The molecule has 0 spiro atoms. The summed E-state index contributed by atoms with van der Waals surface area (Å²) >= 11 is 2.72. The molecule has 146 valence electrons. The van der Waals surface area contributed by atoms with Gasteiger partial charge < -0.3 is 11.2 Å². The molecule has 0 saturated carbocycles. The third-order valence-corrected chi connectivity index (χ3v) is 5.95. The molecular formula is C19H20FN5OS2. The fourth-order valence-electron chi connectivity index (χ4n) is 2.31. The highest BCUT2D eigenvalue weighted by molar-refractivity contribution is 8.00. The van der Waals surface area contributed by atoms with Gasteiger partial charge in [-0.2, -0.15) is 0 Å². The number of benzene rings is 2. The Hall–Kier alpha value is -2.52. The van der Waals surface area contributed by atoms with Crippen LogP contribution in [0.3, 0.4) is 0 Å². The first kappa shape index (κ1) is 20.2. The first-order valence-corrected chi connectivity index (χ1v) is 10.5. The van der Waals surface area contributed by atoms with E-state index < -0.39 is 5.25 Å². The van der Waals surface area contributed by atoms with Crippen molar-refractivity contribution >= 4 is 29.4 Å². The fourth-order valence-corrected chi connectivity index (χ4v) is 3.98. The van der Waals surface area contributed by atoms with Gasteiger partial charge in [-0.3, -0.25) is 4.79 Å². The zero-order chi connectivity index (χ0) is 19.9. The van der Waals surface area contributed by atoms with Crippen molar-refractivity contribution in [2.45, 2.75) is 34.8 Å². The summed E-state index contributed by atoms with van der Waals surface area (Å²) in [6.45, 7) is 2.10. The number of nitrogens with zero attached hydrogens (tertiary/aromatic N) is 3. The molecule has 0 aliphatic heterocycles. The standard InChI is InChI=1S/C19H20FN5OS2/c1-13(17(26)22-11-14-7-9-16(20)10-8-14)28-19-24-23-18(25(19)21)27-12-15-5-3-2-4-6-15/h2-10,13H,11-12,21H2,1H3,(H,22,26)/t13-/m0/s1. The summed E-state index contributed by atoms with van der Waals surface area (Å²) in [4.78, 5) is 12.3. The molecule has 0 saturated heterocycles. The molecule has 3 aromatic rings. The number of nitrogens with two attached hydrogens (primary N) is 1. The van der Waals surface area contributed by atoms with Crippen molar-refractivity contribution in [2.75, 3.05) is 5.84 Å². The summed E-state index contributed by atoms with van der Waals surface area (Å²) in [7, 11) is 0. The highest BCUT2D eigenvalue weighted by atomic mass is 32.2. The first-order valence-electron chi connectivity index (χ1n) is 8.59. The number of aromatic nitrogens is 3. The molecule has 0 aliphatic rings. The second-order valence-electron chi connectivity index (χ2n) is 6.01. The monoisotopic (exact) mass is 417 g/mol. The maximum absolute atomic E-state index is 12.9. The van der Waals surface area contributed by atoms with Gasteiger partial charge in [0.2, 0.25) is 16.2 Å². The minimum Gasteiger partial charge on any atom is -0.351 e. The van der Waals surface area contributed by atoms with Crippen molar-refractivity contribution < 1.29 is 9.18 Å². The third kappa shape index (κ3) is 5.49. The Labute approximate surface area is 171 Å². The Morgan fingerprint density at radius 2 is 1.79 bits per heavy atom. The van der Waals surface area contributed by atoms with E-state index in [1.807, 2.05) is 30.3 Å². The minimum absolute atomic E-state index is 0.157. The lowest BCUT2D eigenvalue weighted by molar-refractivity contribution is -0.120. The molecule has 0 aliphatic carbocycles. The van der Waals surface area contributed by atoms with E-state index in [4.69, 9.17) is 5.84 Å². The van der Waals surface area contributed by atoms with Crippen LogP contribution in [-0.4, -0.2) is 26.0 Å². The molecule has 0 fully saturated rings. The number of hydrogen-bond acceptors (Lipinski definition) is 6. The van der Waals surface area contributed by atoms with Gasteiger partial charge in [-0.25, -0.2) is 9.07 Å². The number of hydrogen-bond donors (Lipinski definition) is 2. The van der Waals surface area contributed by atoms with Crippen molar-refractivity contribution in [3.63, 3.8) is 0 Å². The van der Waals surface area contributed by atoms with E-state index in [-0.39, 0.29) is 11.7 Å². The van der Waals surface area contributed by atoms with Crippen LogP contribution < -0.4 is 11.2 Å². The number of carbonyl (C=O) groups excluding carboxylic acids is 1. The van der Waals surface area contributed by atoms with Gasteiger partial charge >= 0.3 is 0 Å². The van der Waals surface area contributed by atoms with Gasteiger partial charge in [0.1, 0.15) is 5.82 Å². The number of nitrogen functional groups attached to an aromatic ring is 1. The summed E-state index contributed by atoms with van der Waals surface area (Å²) < 4.78 is 14.3. The molecule has 2 aromatic carbocycles. The molecule has 0 radical (unpaired) electrons. The van der Waals surface area contributed by atoms with Crippen LogP contribution >= 0.6 is 23.5 Å². The average Bonchev–Trinajstić information content (AvgIpc) is 3.06. The zero-order valence-electron chi connectivity index (χ0n) is 15.2.